The summed E-state index contributed by atoms with van der Waals surface area (Å²) in [5.74, 6) is 0.0889. The van der Waals surface area contributed by atoms with E-state index in [0.29, 0.717) is 17.3 Å². The van der Waals surface area contributed by atoms with Gasteiger partial charge in [-0.1, -0.05) is 6.07 Å². The van der Waals surface area contributed by atoms with Crippen molar-refractivity contribution >= 4 is 27.9 Å². The van der Waals surface area contributed by atoms with Crippen molar-refractivity contribution in [3.8, 4) is 5.75 Å². The summed E-state index contributed by atoms with van der Waals surface area (Å²) < 4.78 is 29.5. The first-order valence-electron chi connectivity index (χ1n) is 7.84. The largest absolute Gasteiger partial charge is 0.435 e. The quantitative estimate of drug-likeness (QED) is 0.636. The summed E-state index contributed by atoms with van der Waals surface area (Å²) >= 11 is 1.60. The van der Waals surface area contributed by atoms with Crippen LogP contribution in [0.2, 0.25) is 0 Å². The Morgan fingerprint density at radius 3 is 2.80 bits per heavy atom. The molecule has 2 N–H and O–H groups in total. The van der Waals surface area contributed by atoms with Crippen molar-refractivity contribution in [2.24, 2.45) is 0 Å². The molecular formula is C18H18F2N2O2S. The maximum atomic E-state index is 12.5. The summed E-state index contributed by atoms with van der Waals surface area (Å²) in [5.41, 5.74) is 2.28. The second-order valence-electron chi connectivity index (χ2n) is 5.59. The van der Waals surface area contributed by atoms with Crippen molar-refractivity contribution in [3.05, 3.63) is 52.3 Å². The van der Waals surface area contributed by atoms with E-state index in [9.17, 15) is 13.9 Å². The van der Waals surface area contributed by atoms with E-state index in [1.165, 1.54) is 6.07 Å². The first-order valence-corrected chi connectivity index (χ1v) is 8.72. The van der Waals surface area contributed by atoms with Crippen LogP contribution in [0.15, 0.2) is 41.8 Å². The maximum absolute atomic E-state index is 12.5. The molecule has 1 unspecified atom stereocenters. The van der Waals surface area contributed by atoms with Gasteiger partial charge in [0.2, 0.25) is 0 Å². The Kier molecular flexibility index (Phi) is 5.45. The first kappa shape index (κ1) is 17.6. The highest BCUT2D eigenvalue weighted by Crippen LogP contribution is 2.32. The predicted molar refractivity (Wildman–Crippen MR) is 95.5 cm³/mol. The second-order valence-corrected chi connectivity index (χ2v) is 6.57. The molecule has 4 nitrogen and oxygen atoms in total. The van der Waals surface area contributed by atoms with Gasteiger partial charge in [0, 0.05) is 28.3 Å². The smallest absolute Gasteiger partial charge is 0.387 e. The third-order valence-corrected chi connectivity index (χ3v) is 4.75. The Morgan fingerprint density at radius 1 is 1.28 bits per heavy atom. The van der Waals surface area contributed by atoms with Crippen LogP contribution in [0.5, 0.6) is 5.75 Å². The molecule has 3 rings (SSSR count). The lowest BCUT2D eigenvalue weighted by Crippen LogP contribution is -2.12. The minimum absolute atomic E-state index is 0.0390. The molecule has 0 radical (unpaired) electrons. The minimum Gasteiger partial charge on any atom is -0.435 e. The van der Waals surface area contributed by atoms with Gasteiger partial charge in [0.1, 0.15) is 5.75 Å². The number of hydrogen-bond donors (Lipinski definition) is 2. The summed E-state index contributed by atoms with van der Waals surface area (Å²) in [6.45, 7) is -0.960. The lowest BCUT2D eigenvalue weighted by molar-refractivity contribution is -0.0497. The average Bonchev–Trinajstić information content (AvgIpc) is 3.08. The fourth-order valence-electron chi connectivity index (χ4n) is 2.72. The monoisotopic (exact) mass is 364 g/mol. The van der Waals surface area contributed by atoms with Crippen LogP contribution in [0.4, 0.5) is 14.5 Å². The van der Waals surface area contributed by atoms with Gasteiger partial charge < -0.3 is 15.2 Å². The number of hydrogen-bond acceptors (Lipinski definition) is 5. The van der Waals surface area contributed by atoms with E-state index in [4.69, 9.17) is 0 Å². The molecule has 0 spiro atoms. The van der Waals surface area contributed by atoms with Gasteiger partial charge in [-0.15, -0.1) is 11.3 Å². The van der Waals surface area contributed by atoms with Crippen LogP contribution in [-0.2, 0) is 0 Å². The number of halogens is 2. The van der Waals surface area contributed by atoms with Crippen molar-refractivity contribution < 1.29 is 18.6 Å². The standard InChI is InChI=1S/C18H18F2N2O2S/c1-11-9-16(22-15(6-7-23)17-3-2-8-25-17)13-10-12(24-18(19)20)4-5-14(13)21-11/h2-5,8-10,15,18,23H,6-7H2,1H3,(H,21,22). The third kappa shape index (κ3) is 4.24. The number of pyridine rings is 1. The molecular weight excluding hydrogens is 346 g/mol. The molecule has 0 saturated carbocycles. The fraction of sp³-hybridized carbons (Fsp3) is 0.278. The van der Waals surface area contributed by atoms with E-state index in [1.54, 1.807) is 23.5 Å². The van der Waals surface area contributed by atoms with Crippen LogP contribution in [0.1, 0.15) is 23.0 Å². The number of rotatable bonds is 7. The molecule has 0 aliphatic rings. The maximum Gasteiger partial charge on any atom is 0.387 e. The number of aliphatic hydroxyl groups excluding tert-OH is 1. The number of fused-ring (bicyclic) bond motifs is 1. The van der Waals surface area contributed by atoms with Crippen LogP contribution < -0.4 is 10.1 Å². The lowest BCUT2D eigenvalue weighted by Gasteiger charge is -2.20. The molecule has 0 fully saturated rings. The van der Waals surface area contributed by atoms with Gasteiger partial charge in [-0.2, -0.15) is 8.78 Å². The van der Waals surface area contributed by atoms with Gasteiger partial charge in [0.05, 0.1) is 11.6 Å². The summed E-state index contributed by atoms with van der Waals surface area (Å²) in [4.78, 5) is 5.54. The summed E-state index contributed by atoms with van der Waals surface area (Å²) in [7, 11) is 0. The van der Waals surface area contributed by atoms with E-state index in [1.807, 2.05) is 30.5 Å². The molecule has 0 aliphatic heterocycles. The molecule has 1 atom stereocenters. The molecule has 0 bridgehead atoms. The number of anilines is 1. The number of thiophene rings is 1. The van der Waals surface area contributed by atoms with Crippen LogP contribution in [0, 0.1) is 6.92 Å². The predicted octanol–water partition coefficient (Wildman–Crippen LogP) is 4.74. The van der Waals surface area contributed by atoms with E-state index in [-0.39, 0.29) is 18.4 Å². The molecule has 3 aromatic rings. The van der Waals surface area contributed by atoms with E-state index < -0.39 is 6.61 Å². The van der Waals surface area contributed by atoms with Crippen molar-refractivity contribution in [2.75, 3.05) is 11.9 Å². The Balaban J connectivity index is 2.00. The molecule has 1 aromatic carbocycles. The summed E-state index contributed by atoms with van der Waals surface area (Å²) in [6, 6.07) is 10.4. The van der Waals surface area contributed by atoms with Gasteiger partial charge in [-0.25, -0.2) is 0 Å². The zero-order chi connectivity index (χ0) is 17.8. The van der Waals surface area contributed by atoms with Gasteiger partial charge in [0.15, 0.2) is 0 Å². The third-order valence-electron chi connectivity index (χ3n) is 3.77. The SMILES string of the molecule is Cc1cc(NC(CCO)c2cccs2)c2cc(OC(F)F)ccc2n1. The fourth-order valence-corrected chi connectivity index (χ4v) is 3.54. The first-order chi connectivity index (χ1) is 12.1. The van der Waals surface area contributed by atoms with Gasteiger partial charge in [-0.3, -0.25) is 4.98 Å². The molecule has 0 aliphatic carbocycles. The second kappa shape index (κ2) is 7.76. The zero-order valence-electron chi connectivity index (χ0n) is 13.6. The average molecular weight is 364 g/mol. The number of nitrogens with zero attached hydrogens (tertiary/aromatic N) is 1. The Bertz CT molecular complexity index is 840. The van der Waals surface area contributed by atoms with Crippen LogP contribution in [0.3, 0.4) is 0 Å². The Labute approximate surface area is 148 Å². The molecule has 25 heavy (non-hydrogen) atoms. The highest BCUT2D eigenvalue weighted by molar-refractivity contribution is 7.10. The molecule has 7 heteroatoms. The van der Waals surface area contributed by atoms with Gasteiger partial charge in [0.25, 0.3) is 0 Å². The molecule has 132 valence electrons. The molecule has 0 saturated heterocycles. The number of aromatic nitrogens is 1. The van der Waals surface area contributed by atoms with Crippen molar-refractivity contribution in [1.29, 1.82) is 0 Å². The van der Waals surface area contributed by atoms with Crippen molar-refractivity contribution in [3.63, 3.8) is 0 Å². The number of nitrogens with one attached hydrogen (secondary N) is 1. The number of benzene rings is 1. The minimum atomic E-state index is -2.87. The lowest BCUT2D eigenvalue weighted by atomic mass is 10.1. The number of aryl methyl sites for hydroxylation is 1. The van der Waals surface area contributed by atoms with Gasteiger partial charge in [-0.05, 0) is 49.1 Å². The van der Waals surface area contributed by atoms with Crippen LogP contribution in [-0.4, -0.2) is 23.3 Å². The van der Waals surface area contributed by atoms with E-state index in [0.717, 1.165) is 16.3 Å². The molecule has 0 amide bonds. The van der Waals surface area contributed by atoms with Crippen molar-refractivity contribution in [1.82, 2.24) is 4.98 Å². The highest BCUT2D eigenvalue weighted by atomic mass is 32.1. The topological polar surface area (TPSA) is 54.4 Å². The normalized spacial score (nSPS) is 12.5. The van der Waals surface area contributed by atoms with Gasteiger partial charge >= 0.3 is 6.61 Å². The summed E-state index contributed by atoms with van der Waals surface area (Å²) in [5, 5.41) is 15.5. The molecule has 2 aromatic heterocycles. The van der Waals surface area contributed by atoms with Crippen LogP contribution >= 0.6 is 11.3 Å². The number of aliphatic hydroxyl groups is 1. The Hall–Kier alpha value is -2.25. The Morgan fingerprint density at radius 2 is 2.12 bits per heavy atom. The highest BCUT2D eigenvalue weighted by Gasteiger charge is 2.15. The van der Waals surface area contributed by atoms with E-state index >= 15 is 0 Å². The van der Waals surface area contributed by atoms with Crippen LogP contribution in [0.25, 0.3) is 10.9 Å². The number of alkyl halides is 2. The summed E-state index contributed by atoms with van der Waals surface area (Å²) in [6.07, 6.45) is 0.538. The number of ether oxygens (including phenoxy) is 1. The zero-order valence-corrected chi connectivity index (χ0v) is 14.4. The van der Waals surface area contributed by atoms with E-state index in [2.05, 4.69) is 15.0 Å². The van der Waals surface area contributed by atoms with Crippen molar-refractivity contribution in [2.45, 2.75) is 26.0 Å². The molecule has 2 heterocycles.